The number of halogens is 1. The highest BCUT2D eigenvalue weighted by Gasteiger charge is 1.99. The lowest BCUT2D eigenvalue weighted by Crippen LogP contribution is -2.20. The molecule has 1 aromatic carbocycles. The lowest BCUT2D eigenvalue weighted by Gasteiger charge is -2.02. The summed E-state index contributed by atoms with van der Waals surface area (Å²) in [4.78, 5) is 12.8. The molecule has 0 radical (unpaired) electrons. The smallest absolute Gasteiger partial charge is 0.244 e. The number of thiophene rings is 1. The predicted molar refractivity (Wildman–Crippen MR) is 81.4 cm³/mol. The summed E-state index contributed by atoms with van der Waals surface area (Å²) in [6.07, 6.45) is 3.40. The van der Waals surface area contributed by atoms with Crippen LogP contribution in [0.5, 0.6) is 0 Å². The normalized spacial score (nSPS) is 10.8. The second kappa shape index (κ2) is 6.55. The lowest BCUT2D eigenvalue weighted by molar-refractivity contribution is -0.116. The first-order chi connectivity index (χ1) is 9.15. The van der Waals surface area contributed by atoms with Gasteiger partial charge in [-0.1, -0.05) is 23.7 Å². The fourth-order valence-corrected chi connectivity index (χ4v) is 2.63. The molecule has 19 heavy (non-hydrogen) atoms. The van der Waals surface area contributed by atoms with Crippen molar-refractivity contribution in [1.29, 1.82) is 0 Å². The van der Waals surface area contributed by atoms with Crippen molar-refractivity contribution in [2.24, 2.45) is 0 Å². The van der Waals surface area contributed by atoms with Crippen molar-refractivity contribution in [2.75, 3.05) is 0 Å². The van der Waals surface area contributed by atoms with Gasteiger partial charge in [0.25, 0.3) is 0 Å². The Kier molecular flexibility index (Phi) is 4.77. The van der Waals surface area contributed by atoms with Crippen molar-refractivity contribution < 1.29 is 4.79 Å². The third-order valence-electron chi connectivity index (χ3n) is 2.64. The molecule has 4 heteroatoms. The molecule has 0 atom stereocenters. The first kappa shape index (κ1) is 13.8. The van der Waals surface area contributed by atoms with E-state index < -0.39 is 0 Å². The van der Waals surface area contributed by atoms with Crippen molar-refractivity contribution in [3.05, 3.63) is 62.8 Å². The largest absolute Gasteiger partial charge is 0.348 e. The maximum Gasteiger partial charge on any atom is 0.244 e. The summed E-state index contributed by atoms with van der Waals surface area (Å²) >= 11 is 7.50. The van der Waals surface area contributed by atoms with Gasteiger partial charge in [-0.05, 0) is 47.7 Å². The maximum atomic E-state index is 11.7. The number of carbonyl (C=O) groups excluding carboxylic acids is 1. The summed E-state index contributed by atoms with van der Waals surface area (Å²) in [6.45, 7) is 2.51. The number of nitrogens with one attached hydrogen (secondary N) is 1. The second-order valence-corrected chi connectivity index (χ2v) is 5.53. The average Bonchev–Trinajstić information content (AvgIpc) is 2.80. The molecule has 1 amide bonds. The molecule has 0 aliphatic rings. The van der Waals surface area contributed by atoms with Crippen molar-refractivity contribution in [2.45, 2.75) is 13.5 Å². The van der Waals surface area contributed by atoms with Crippen LogP contribution in [-0.2, 0) is 11.3 Å². The van der Waals surface area contributed by atoms with E-state index >= 15 is 0 Å². The zero-order chi connectivity index (χ0) is 13.7. The molecule has 98 valence electrons. The number of benzene rings is 1. The van der Waals surface area contributed by atoms with E-state index in [0.29, 0.717) is 11.6 Å². The highest BCUT2D eigenvalue weighted by atomic mass is 35.5. The second-order valence-electron chi connectivity index (χ2n) is 4.15. The number of aryl methyl sites for hydroxylation is 1. The van der Waals surface area contributed by atoms with Crippen LogP contribution >= 0.6 is 22.9 Å². The molecule has 2 rings (SSSR count). The predicted octanol–water partition coefficient (Wildman–Crippen LogP) is 4.04. The summed E-state index contributed by atoms with van der Waals surface area (Å²) in [6, 6.07) is 9.49. The Labute approximate surface area is 121 Å². The Morgan fingerprint density at radius 2 is 2.26 bits per heavy atom. The van der Waals surface area contributed by atoms with Crippen molar-refractivity contribution in [1.82, 2.24) is 5.32 Å². The van der Waals surface area contributed by atoms with Gasteiger partial charge in [0.05, 0.1) is 0 Å². The Morgan fingerprint density at radius 1 is 1.42 bits per heavy atom. The molecule has 2 aromatic rings. The van der Waals surface area contributed by atoms with E-state index in [4.69, 9.17) is 11.6 Å². The van der Waals surface area contributed by atoms with E-state index in [1.165, 1.54) is 5.56 Å². The van der Waals surface area contributed by atoms with Gasteiger partial charge in [0.2, 0.25) is 5.91 Å². The van der Waals surface area contributed by atoms with E-state index in [1.807, 2.05) is 48.7 Å². The standard InChI is InChI=1S/C15H14ClNOS/c1-11-7-8-19-14(11)5-6-15(18)17-10-12-3-2-4-13(16)9-12/h2-9H,10H2,1H3,(H,17,18)/b6-5+. The van der Waals surface area contributed by atoms with Crippen LogP contribution in [0.25, 0.3) is 6.08 Å². The number of amides is 1. The van der Waals surface area contributed by atoms with Gasteiger partial charge >= 0.3 is 0 Å². The molecule has 0 fully saturated rings. The van der Waals surface area contributed by atoms with E-state index in [-0.39, 0.29) is 5.91 Å². The molecule has 1 aromatic heterocycles. The Hall–Kier alpha value is -1.58. The molecule has 1 N–H and O–H groups in total. The minimum Gasteiger partial charge on any atom is -0.348 e. The van der Waals surface area contributed by atoms with E-state index in [2.05, 4.69) is 5.32 Å². The van der Waals surface area contributed by atoms with Gasteiger partial charge in [0.1, 0.15) is 0 Å². The van der Waals surface area contributed by atoms with Crippen molar-refractivity contribution in [3.63, 3.8) is 0 Å². The Bertz CT molecular complexity index is 604. The molecule has 0 saturated heterocycles. The molecule has 0 aliphatic carbocycles. The molecule has 0 aliphatic heterocycles. The lowest BCUT2D eigenvalue weighted by atomic mass is 10.2. The van der Waals surface area contributed by atoms with Gasteiger partial charge in [0, 0.05) is 22.5 Å². The minimum absolute atomic E-state index is 0.104. The van der Waals surface area contributed by atoms with Crippen LogP contribution in [0, 0.1) is 6.92 Å². The first-order valence-electron chi connectivity index (χ1n) is 5.89. The van der Waals surface area contributed by atoms with Gasteiger partial charge in [-0.2, -0.15) is 0 Å². The highest BCUT2D eigenvalue weighted by Crippen LogP contribution is 2.16. The SMILES string of the molecule is Cc1ccsc1/C=C/C(=O)NCc1cccc(Cl)c1. The van der Waals surface area contributed by atoms with Crippen molar-refractivity contribution in [3.8, 4) is 0 Å². The van der Waals surface area contributed by atoms with Gasteiger partial charge in [0.15, 0.2) is 0 Å². The third kappa shape index (κ3) is 4.23. The molecule has 0 unspecified atom stereocenters. The molecular weight excluding hydrogens is 278 g/mol. The van der Waals surface area contributed by atoms with Crippen LogP contribution in [0.3, 0.4) is 0 Å². The van der Waals surface area contributed by atoms with Gasteiger partial charge in [-0.15, -0.1) is 11.3 Å². The Balaban J connectivity index is 1.88. The average molecular weight is 292 g/mol. The topological polar surface area (TPSA) is 29.1 Å². The van der Waals surface area contributed by atoms with E-state index in [0.717, 1.165) is 10.4 Å². The van der Waals surface area contributed by atoms with Crippen molar-refractivity contribution >= 4 is 34.9 Å². The van der Waals surface area contributed by atoms with Crippen LogP contribution in [-0.4, -0.2) is 5.91 Å². The minimum atomic E-state index is -0.104. The monoisotopic (exact) mass is 291 g/mol. The summed E-state index contributed by atoms with van der Waals surface area (Å²) in [7, 11) is 0. The first-order valence-corrected chi connectivity index (χ1v) is 7.15. The number of carbonyl (C=O) groups is 1. The fourth-order valence-electron chi connectivity index (χ4n) is 1.60. The summed E-state index contributed by atoms with van der Waals surface area (Å²) in [5, 5.41) is 5.52. The fraction of sp³-hybridized carbons (Fsp3) is 0.133. The number of hydrogen-bond donors (Lipinski definition) is 1. The molecule has 0 bridgehead atoms. The molecule has 1 heterocycles. The number of rotatable bonds is 4. The van der Waals surface area contributed by atoms with E-state index in [9.17, 15) is 4.79 Å². The molecular formula is C15H14ClNOS. The van der Waals surface area contributed by atoms with Crippen LogP contribution in [0.15, 0.2) is 41.8 Å². The quantitative estimate of drug-likeness (QED) is 0.846. The molecule has 2 nitrogen and oxygen atoms in total. The Morgan fingerprint density at radius 3 is 2.95 bits per heavy atom. The number of hydrogen-bond acceptors (Lipinski definition) is 2. The van der Waals surface area contributed by atoms with Gasteiger partial charge in [-0.25, -0.2) is 0 Å². The maximum absolute atomic E-state index is 11.7. The highest BCUT2D eigenvalue weighted by molar-refractivity contribution is 7.11. The van der Waals surface area contributed by atoms with E-state index in [1.54, 1.807) is 17.4 Å². The molecule has 0 spiro atoms. The third-order valence-corrected chi connectivity index (χ3v) is 3.86. The zero-order valence-electron chi connectivity index (χ0n) is 10.5. The van der Waals surface area contributed by atoms with Gasteiger partial charge < -0.3 is 5.32 Å². The summed E-state index contributed by atoms with van der Waals surface area (Å²) in [5.74, 6) is -0.104. The van der Waals surface area contributed by atoms with Crippen LogP contribution in [0.4, 0.5) is 0 Å². The summed E-state index contributed by atoms with van der Waals surface area (Å²) in [5.41, 5.74) is 2.17. The zero-order valence-corrected chi connectivity index (χ0v) is 12.1. The van der Waals surface area contributed by atoms with Crippen LogP contribution < -0.4 is 5.32 Å². The van der Waals surface area contributed by atoms with Crippen LogP contribution in [0.2, 0.25) is 5.02 Å². The van der Waals surface area contributed by atoms with Gasteiger partial charge in [-0.3, -0.25) is 4.79 Å². The molecule has 0 saturated carbocycles. The van der Waals surface area contributed by atoms with Crippen LogP contribution in [0.1, 0.15) is 16.0 Å². The summed E-state index contributed by atoms with van der Waals surface area (Å²) < 4.78 is 0.